The van der Waals surface area contributed by atoms with Crippen LogP contribution in [0.3, 0.4) is 0 Å². The molecule has 0 aliphatic rings. The monoisotopic (exact) mass is 611 g/mol. The van der Waals surface area contributed by atoms with Crippen LogP contribution in [0.4, 0.5) is 0 Å². The van der Waals surface area contributed by atoms with Crippen LogP contribution in [0, 0.1) is 0 Å². The van der Waals surface area contributed by atoms with Crippen LogP contribution in [0.25, 0.3) is 88.7 Å². The van der Waals surface area contributed by atoms with E-state index in [-0.39, 0.29) is 0 Å². The van der Waals surface area contributed by atoms with Gasteiger partial charge in [-0.15, -0.1) is 0 Å². The molecule has 0 aliphatic carbocycles. The largest absolute Gasteiger partial charge is 0.208 e. The van der Waals surface area contributed by atoms with Crippen LogP contribution in [0.2, 0.25) is 0 Å². The maximum absolute atomic E-state index is 5.18. The topological polar surface area (TPSA) is 38.7 Å². The summed E-state index contributed by atoms with van der Waals surface area (Å²) in [5.74, 6) is 1.95. The van der Waals surface area contributed by atoms with Gasteiger partial charge in [0.05, 0.1) is 0 Å². The van der Waals surface area contributed by atoms with Gasteiger partial charge in [0.1, 0.15) is 0 Å². The van der Waals surface area contributed by atoms with Crippen LogP contribution in [-0.4, -0.2) is 15.0 Å². The molecule has 9 aromatic rings. The molecule has 0 unspecified atom stereocenters. The Morgan fingerprint density at radius 2 is 0.729 bits per heavy atom. The molecule has 9 rings (SSSR count). The zero-order valence-electron chi connectivity index (χ0n) is 26.1. The molecule has 1 heterocycles. The summed E-state index contributed by atoms with van der Waals surface area (Å²) >= 11 is 0. The van der Waals surface area contributed by atoms with Crippen LogP contribution in [-0.2, 0) is 0 Å². The third kappa shape index (κ3) is 4.99. The predicted octanol–water partition coefficient (Wildman–Crippen LogP) is 11.7. The van der Waals surface area contributed by atoms with E-state index in [0.717, 1.165) is 49.4 Å². The number of nitrogens with zero attached hydrogens (tertiary/aromatic N) is 3. The first-order valence-corrected chi connectivity index (χ1v) is 16.2. The SMILES string of the molecule is c1ccc(-c2cccc(-c3nc(-c4cccc5ccccc45)nc(-c4cccc5cc(-c6cccc7ccccc67)ccc45)n3)c2)cc1. The van der Waals surface area contributed by atoms with Gasteiger partial charge in [0.15, 0.2) is 17.5 Å². The Morgan fingerprint density at radius 3 is 1.44 bits per heavy atom. The van der Waals surface area contributed by atoms with E-state index in [0.29, 0.717) is 17.5 Å². The zero-order valence-corrected chi connectivity index (χ0v) is 26.1. The average molecular weight is 612 g/mol. The molecule has 0 radical (unpaired) electrons. The minimum atomic E-state index is 0.644. The molecule has 0 N–H and O–H groups in total. The first-order chi connectivity index (χ1) is 23.8. The van der Waals surface area contributed by atoms with Gasteiger partial charge in [0, 0.05) is 16.7 Å². The molecular weight excluding hydrogens is 583 g/mol. The Balaban J connectivity index is 1.24. The van der Waals surface area contributed by atoms with E-state index in [4.69, 9.17) is 15.0 Å². The Hall–Kier alpha value is -6.45. The predicted molar refractivity (Wildman–Crippen MR) is 200 cm³/mol. The first kappa shape index (κ1) is 27.8. The highest BCUT2D eigenvalue weighted by molar-refractivity contribution is 6.02. The number of benzene rings is 8. The van der Waals surface area contributed by atoms with E-state index in [2.05, 4.69) is 170 Å². The molecule has 0 saturated heterocycles. The van der Waals surface area contributed by atoms with Gasteiger partial charge < -0.3 is 0 Å². The first-order valence-electron chi connectivity index (χ1n) is 16.2. The third-order valence-corrected chi connectivity index (χ3v) is 9.12. The van der Waals surface area contributed by atoms with Crippen LogP contribution in [0.1, 0.15) is 0 Å². The fraction of sp³-hybridized carbons (Fsp3) is 0. The Morgan fingerprint density at radius 1 is 0.250 bits per heavy atom. The lowest BCUT2D eigenvalue weighted by molar-refractivity contribution is 1.08. The van der Waals surface area contributed by atoms with Crippen molar-refractivity contribution in [2.45, 2.75) is 0 Å². The fourth-order valence-electron chi connectivity index (χ4n) is 6.76. The van der Waals surface area contributed by atoms with Crippen LogP contribution < -0.4 is 0 Å². The summed E-state index contributed by atoms with van der Waals surface area (Å²) in [5.41, 5.74) is 7.57. The number of hydrogen-bond donors (Lipinski definition) is 0. The lowest BCUT2D eigenvalue weighted by atomic mass is 9.95. The van der Waals surface area contributed by atoms with Gasteiger partial charge in [-0.05, 0) is 66.7 Å². The van der Waals surface area contributed by atoms with Crippen molar-refractivity contribution in [3.8, 4) is 56.4 Å². The lowest BCUT2D eigenvalue weighted by Crippen LogP contribution is -2.01. The van der Waals surface area contributed by atoms with Crippen LogP contribution in [0.5, 0.6) is 0 Å². The van der Waals surface area contributed by atoms with Crippen molar-refractivity contribution in [2.24, 2.45) is 0 Å². The minimum Gasteiger partial charge on any atom is -0.208 e. The highest BCUT2D eigenvalue weighted by Crippen LogP contribution is 2.36. The Bertz CT molecular complexity index is 2610. The summed E-state index contributed by atoms with van der Waals surface area (Å²) in [5, 5.41) is 6.97. The molecule has 3 heteroatoms. The zero-order chi connectivity index (χ0) is 31.9. The lowest BCUT2D eigenvalue weighted by Gasteiger charge is -2.13. The molecule has 224 valence electrons. The highest BCUT2D eigenvalue weighted by atomic mass is 15.0. The molecular formula is C45H29N3. The van der Waals surface area contributed by atoms with Gasteiger partial charge in [0.2, 0.25) is 0 Å². The number of rotatable bonds is 5. The van der Waals surface area contributed by atoms with Crippen molar-refractivity contribution >= 4 is 32.3 Å². The van der Waals surface area contributed by atoms with Crippen molar-refractivity contribution in [3.05, 3.63) is 176 Å². The smallest absolute Gasteiger partial charge is 0.164 e. The van der Waals surface area contributed by atoms with Crippen molar-refractivity contribution in [3.63, 3.8) is 0 Å². The van der Waals surface area contributed by atoms with Gasteiger partial charge in [-0.1, -0.05) is 164 Å². The van der Waals surface area contributed by atoms with Crippen molar-refractivity contribution in [2.75, 3.05) is 0 Å². The average Bonchev–Trinajstić information content (AvgIpc) is 3.17. The quantitative estimate of drug-likeness (QED) is 0.194. The molecule has 0 fully saturated rings. The van der Waals surface area contributed by atoms with Crippen molar-refractivity contribution in [1.29, 1.82) is 0 Å². The highest BCUT2D eigenvalue weighted by Gasteiger charge is 2.17. The summed E-state index contributed by atoms with van der Waals surface area (Å²) in [6.07, 6.45) is 0. The van der Waals surface area contributed by atoms with E-state index in [1.807, 2.05) is 6.07 Å². The van der Waals surface area contributed by atoms with E-state index in [1.54, 1.807) is 0 Å². The summed E-state index contributed by atoms with van der Waals surface area (Å²) in [6, 6.07) is 61.7. The van der Waals surface area contributed by atoms with Gasteiger partial charge in [-0.25, -0.2) is 15.0 Å². The number of hydrogen-bond acceptors (Lipinski definition) is 3. The van der Waals surface area contributed by atoms with Gasteiger partial charge in [-0.3, -0.25) is 0 Å². The molecule has 0 atom stereocenters. The Kier molecular flexibility index (Phi) is 6.80. The number of aromatic nitrogens is 3. The van der Waals surface area contributed by atoms with Crippen molar-refractivity contribution in [1.82, 2.24) is 15.0 Å². The van der Waals surface area contributed by atoms with E-state index in [9.17, 15) is 0 Å². The summed E-state index contributed by atoms with van der Waals surface area (Å²) < 4.78 is 0. The summed E-state index contributed by atoms with van der Waals surface area (Å²) in [6.45, 7) is 0. The summed E-state index contributed by atoms with van der Waals surface area (Å²) in [7, 11) is 0. The molecule has 0 amide bonds. The molecule has 0 bridgehead atoms. The van der Waals surface area contributed by atoms with Gasteiger partial charge in [-0.2, -0.15) is 0 Å². The fourth-order valence-corrected chi connectivity index (χ4v) is 6.76. The van der Waals surface area contributed by atoms with Crippen LogP contribution in [0.15, 0.2) is 176 Å². The second-order valence-electron chi connectivity index (χ2n) is 12.0. The second-order valence-corrected chi connectivity index (χ2v) is 12.0. The molecule has 0 saturated carbocycles. The molecule has 1 aromatic heterocycles. The van der Waals surface area contributed by atoms with Crippen LogP contribution >= 0.6 is 0 Å². The summed E-state index contributed by atoms with van der Waals surface area (Å²) in [4.78, 5) is 15.5. The van der Waals surface area contributed by atoms with E-state index in [1.165, 1.54) is 21.9 Å². The van der Waals surface area contributed by atoms with Gasteiger partial charge in [0.25, 0.3) is 0 Å². The standard InChI is InChI=1S/C45H29N3/c1-2-12-30(13-3-1)33-18-8-20-36(28-33)43-46-44(41-24-10-17-32-15-5-7-22-38(32)41)48-45(47-43)42-25-11-19-34-29-35(26-27-40(34)42)39-23-9-16-31-14-4-6-21-37(31)39/h1-29H. The molecule has 0 aliphatic heterocycles. The third-order valence-electron chi connectivity index (χ3n) is 9.12. The van der Waals surface area contributed by atoms with E-state index < -0.39 is 0 Å². The molecule has 0 spiro atoms. The Labute approximate surface area is 278 Å². The maximum Gasteiger partial charge on any atom is 0.164 e. The van der Waals surface area contributed by atoms with Gasteiger partial charge >= 0.3 is 0 Å². The van der Waals surface area contributed by atoms with E-state index >= 15 is 0 Å². The number of fused-ring (bicyclic) bond motifs is 3. The molecule has 48 heavy (non-hydrogen) atoms. The molecule has 3 nitrogen and oxygen atoms in total. The molecule has 8 aromatic carbocycles. The maximum atomic E-state index is 5.18. The minimum absolute atomic E-state index is 0.644. The normalized spacial score (nSPS) is 11.3. The van der Waals surface area contributed by atoms with Crippen molar-refractivity contribution < 1.29 is 0 Å². The second kappa shape index (κ2) is 11.7.